The summed E-state index contributed by atoms with van der Waals surface area (Å²) in [5.41, 5.74) is 6.01. The molecule has 1 aromatic carbocycles. The molecule has 1 aromatic heterocycles. The van der Waals surface area contributed by atoms with Crippen molar-refractivity contribution >= 4 is 39.8 Å². The van der Waals surface area contributed by atoms with Crippen molar-refractivity contribution in [2.75, 3.05) is 18.0 Å². The summed E-state index contributed by atoms with van der Waals surface area (Å²) in [6.45, 7) is 2.02. The molecule has 1 saturated heterocycles. The number of benzene rings is 1. The molecule has 0 spiro atoms. The van der Waals surface area contributed by atoms with Crippen molar-refractivity contribution in [3.63, 3.8) is 0 Å². The highest BCUT2D eigenvalue weighted by Gasteiger charge is 2.20. The molecule has 92 valence electrons. The zero-order chi connectivity index (χ0) is 11.0. The van der Waals surface area contributed by atoms with Crippen LogP contribution in [-0.2, 0) is 0 Å². The Morgan fingerprint density at radius 1 is 1.35 bits per heavy atom. The Morgan fingerprint density at radius 3 is 3.00 bits per heavy atom. The number of halogens is 1. The average molecular weight is 270 g/mol. The van der Waals surface area contributed by atoms with E-state index in [-0.39, 0.29) is 12.4 Å². The molecule has 2 aromatic rings. The lowest BCUT2D eigenvalue weighted by molar-refractivity contribution is 0.505. The van der Waals surface area contributed by atoms with E-state index in [1.54, 1.807) is 11.5 Å². The van der Waals surface area contributed by atoms with Gasteiger partial charge in [-0.1, -0.05) is 12.1 Å². The fraction of sp³-hybridized carbons (Fsp3) is 0.417. The second-order valence-electron chi connectivity index (χ2n) is 4.35. The lowest BCUT2D eigenvalue weighted by atomic mass is 10.1. The van der Waals surface area contributed by atoms with E-state index in [4.69, 9.17) is 5.73 Å². The first kappa shape index (κ1) is 12.6. The van der Waals surface area contributed by atoms with Crippen molar-refractivity contribution in [3.05, 3.63) is 24.3 Å². The molecule has 17 heavy (non-hydrogen) atoms. The number of anilines is 1. The molecule has 0 bridgehead atoms. The second kappa shape index (κ2) is 5.21. The highest BCUT2D eigenvalue weighted by molar-refractivity contribution is 7.13. The molecular weight excluding hydrogens is 254 g/mol. The highest BCUT2D eigenvalue weighted by atomic mass is 35.5. The van der Waals surface area contributed by atoms with Gasteiger partial charge in [0.25, 0.3) is 0 Å². The quantitative estimate of drug-likeness (QED) is 0.865. The van der Waals surface area contributed by atoms with Crippen LogP contribution < -0.4 is 10.6 Å². The Bertz CT molecular complexity index is 499. The van der Waals surface area contributed by atoms with Gasteiger partial charge >= 0.3 is 0 Å². The summed E-state index contributed by atoms with van der Waals surface area (Å²) in [4.78, 5) is 2.33. The number of rotatable bonds is 1. The Labute approximate surface area is 111 Å². The normalized spacial score (nSPS) is 20.3. The zero-order valence-corrected chi connectivity index (χ0v) is 11.1. The third-order valence-corrected chi connectivity index (χ3v) is 3.93. The number of hydrogen-bond donors (Lipinski definition) is 1. The van der Waals surface area contributed by atoms with E-state index >= 15 is 0 Å². The summed E-state index contributed by atoms with van der Waals surface area (Å²) in [6.07, 6.45) is 2.31. The number of nitrogens with two attached hydrogens (primary N) is 1. The third kappa shape index (κ3) is 2.39. The second-order valence-corrected chi connectivity index (χ2v) is 5.16. The smallest absolute Gasteiger partial charge is 0.150 e. The van der Waals surface area contributed by atoms with Crippen LogP contribution in [0.2, 0.25) is 0 Å². The van der Waals surface area contributed by atoms with E-state index in [1.165, 1.54) is 16.5 Å². The molecule has 2 N–H and O–H groups in total. The van der Waals surface area contributed by atoms with Gasteiger partial charge in [-0.05, 0) is 36.5 Å². The summed E-state index contributed by atoms with van der Waals surface area (Å²) in [7, 11) is 0. The third-order valence-electron chi connectivity index (χ3n) is 3.12. The molecule has 3 rings (SSSR count). The molecule has 5 heteroatoms. The number of hydrogen-bond acceptors (Lipinski definition) is 4. The summed E-state index contributed by atoms with van der Waals surface area (Å²) >= 11 is 1.58. The van der Waals surface area contributed by atoms with Gasteiger partial charge in [-0.15, -0.1) is 12.4 Å². The van der Waals surface area contributed by atoms with Gasteiger partial charge in [0.1, 0.15) is 5.82 Å². The van der Waals surface area contributed by atoms with E-state index < -0.39 is 0 Å². The maximum atomic E-state index is 6.01. The van der Waals surface area contributed by atoms with Crippen molar-refractivity contribution in [1.29, 1.82) is 0 Å². The van der Waals surface area contributed by atoms with Crippen molar-refractivity contribution in [2.45, 2.75) is 18.9 Å². The molecular formula is C12H16ClN3S. The number of aromatic nitrogens is 1. The predicted molar refractivity (Wildman–Crippen MR) is 76.3 cm³/mol. The van der Waals surface area contributed by atoms with Crippen LogP contribution in [0.3, 0.4) is 0 Å². The van der Waals surface area contributed by atoms with Gasteiger partial charge in [0.15, 0.2) is 0 Å². The minimum absolute atomic E-state index is 0. The fourth-order valence-electron chi connectivity index (χ4n) is 2.30. The topological polar surface area (TPSA) is 42.1 Å². The lowest BCUT2D eigenvalue weighted by Crippen LogP contribution is -2.43. The summed E-state index contributed by atoms with van der Waals surface area (Å²) in [5.74, 6) is 1.12. The van der Waals surface area contributed by atoms with Crippen LogP contribution in [0.1, 0.15) is 12.8 Å². The van der Waals surface area contributed by atoms with Gasteiger partial charge in [0.05, 0.1) is 4.70 Å². The van der Waals surface area contributed by atoms with Crippen LogP contribution in [0.5, 0.6) is 0 Å². The zero-order valence-electron chi connectivity index (χ0n) is 9.50. The molecule has 2 heterocycles. The molecule has 1 aliphatic rings. The minimum atomic E-state index is 0. The first-order valence-corrected chi connectivity index (χ1v) is 6.47. The molecule has 3 nitrogen and oxygen atoms in total. The predicted octanol–water partition coefficient (Wildman–Crippen LogP) is 2.65. The van der Waals surface area contributed by atoms with Crippen LogP contribution in [0.4, 0.5) is 5.82 Å². The van der Waals surface area contributed by atoms with Crippen LogP contribution in [0.25, 0.3) is 10.1 Å². The Kier molecular flexibility index (Phi) is 3.86. The van der Waals surface area contributed by atoms with Crippen molar-refractivity contribution in [2.24, 2.45) is 5.73 Å². The lowest BCUT2D eigenvalue weighted by Gasteiger charge is -2.31. The summed E-state index contributed by atoms with van der Waals surface area (Å²) in [5, 5.41) is 1.27. The van der Waals surface area contributed by atoms with E-state index in [1.807, 2.05) is 0 Å². The monoisotopic (exact) mass is 269 g/mol. The SMILES string of the molecule is Cl.NC1CCCN(c2nsc3ccccc23)C1. The Hall–Kier alpha value is -0.840. The molecule has 1 aliphatic heterocycles. The van der Waals surface area contributed by atoms with E-state index in [9.17, 15) is 0 Å². The van der Waals surface area contributed by atoms with Gasteiger partial charge < -0.3 is 10.6 Å². The molecule has 1 atom stereocenters. The van der Waals surface area contributed by atoms with Crippen LogP contribution in [0, 0.1) is 0 Å². The molecule has 0 amide bonds. The van der Waals surface area contributed by atoms with Gasteiger partial charge in [-0.2, -0.15) is 4.37 Å². The van der Waals surface area contributed by atoms with Crippen LogP contribution in [0.15, 0.2) is 24.3 Å². The highest BCUT2D eigenvalue weighted by Crippen LogP contribution is 2.30. The van der Waals surface area contributed by atoms with Gasteiger partial charge in [-0.25, -0.2) is 0 Å². The number of nitrogens with zero attached hydrogens (tertiary/aromatic N) is 2. The molecule has 0 saturated carbocycles. The molecule has 1 unspecified atom stereocenters. The van der Waals surface area contributed by atoms with Gasteiger partial charge in [0.2, 0.25) is 0 Å². The first-order chi connectivity index (χ1) is 7.84. The van der Waals surface area contributed by atoms with Gasteiger partial charge in [-0.3, -0.25) is 0 Å². The largest absolute Gasteiger partial charge is 0.354 e. The van der Waals surface area contributed by atoms with Crippen molar-refractivity contribution in [1.82, 2.24) is 4.37 Å². The van der Waals surface area contributed by atoms with Crippen LogP contribution >= 0.6 is 23.9 Å². The standard InChI is InChI=1S/C12H15N3S.ClH/c13-9-4-3-7-15(8-9)12-10-5-1-2-6-11(10)16-14-12;/h1-2,5-6,9H,3-4,7-8,13H2;1H. The van der Waals surface area contributed by atoms with Gasteiger partial charge in [0, 0.05) is 24.5 Å². The minimum Gasteiger partial charge on any atom is -0.354 e. The van der Waals surface area contributed by atoms with E-state index in [0.29, 0.717) is 6.04 Å². The maximum absolute atomic E-state index is 6.01. The van der Waals surface area contributed by atoms with Crippen molar-refractivity contribution < 1.29 is 0 Å². The number of fused-ring (bicyclic) bond motifs is 1. The first-order valence-electron chi connectivity index (χ1n) is 5.69. The molecule has 0 radical (unpaired) electrons. The fourth-order valence-corrected chi connectivity index (χ4v) is 3.10. The Morgan fingerprint density at radius 2 is 2.18 bits per heavy atom. The van der Waals surface area contributed by atoms with E-state index in [2.05, 4.69) is 33.5 Å². The summed E-state index contributed by atoms with van der Waals surface area (Å²) in [6, 6.07) is 8.71. The molecule has 0 aliphatic carbocycles. The molecule has 1 fully saturated rings. The van der Waals surface area contributed by atoms with Crippen LogP contribution in [-0.4, -0.2) is 23.5 Å². The number of piperidine rings is 1. The maximum Gasteiger partial charge on any atom is 0.150 e. The van der Waals surface area contributed by atoms with Crippen molar-refractivity contribution in [3.8, 4) is 0 Å². The summed E-state index contributed by atoms with van der Waals surface area (Å²) < 4.78 is 5.83. The Balaban J connectivity index is 0.00000108. The average Bonchev–Trinajstić information content (AvgIpc) is 2.72. The van der Waals surface area contributed by atoms with E-state index in [0.717, 1.165) is 25.3 Å².